The molecule has 152 valence electrons. The van der Waals surface area contributed by atoms with Crippen molar-refractivity contribution in [3.8, 4) is 0 Å². The molecule has 1 aliphatic heterocycles. The van der Waals surface area contributed by atoms with E-state index >= 15 is 0 Å². The predicted molar refractivity (Wildman–Crippen MR) is 99.0 cm³/mol. The highest BCUT2D eigenvalue weighted by Gasteiger charge is 2.44. The summed E-state index contributed by atoms with van der Waals surface area (Å²) >= 11 is 0. The molecule has 1 saturated heterocycles. The maximum atomic E-state index is 10.4. The van der Waals surface area contributed by atoms with Gasteiger partial charge in [-0.3, -0.25) is 9.99 Å². The summed E-state index contributed by atoms with van der Waals surface area (Å²) in [6, 6.07) is 0.349. The summed E-state index contributed by atoms with van der Waals surface area (Å²) in [6.07, 6.45) is 2.18. The number of aliphatic hydroxyl groups is 3. The van der Waals surface area contributed by atoms with Gasteiger partial charge in [0.15, 0.2) is 23.2 Å². The summed E-state index contributed by atoms with van der Waals surface area (Å²) in [6.45, 7) is -0.400. The van der Waals surface area contributed by atoms with Gasteiger partial charge in [-0.1, -0.05) is 6.42 Å². The summed E-state index contributed by atoms with van der Waals surface area (Å²) in [5.41, 5.74) is 3.43. The Labute approximate surface area is 160 Å². The lowest BCUT2D eigenvalue weighted by Gasteiger charge is -2.23. The largest absolute Gasteiger partial charge is 0.394 e. The van der Waals surface area contributed by atoms with Crippen LogP contribution in [0.4, 0.5) is 11.8 Å². The fraction of sp³-hybridized carbons (Fsp3) is 0.706. The molecule has 7 atom stereocenters. The SMILES string of the molecule is NNc1nc(NC2CC3CCC2C3)c2ncn(C3OC(CO)C(O)C3O)c2n1. The maximum absolute atomic E-state index is 10.4. The Hall–Kier alpha value is -2.05. The van der Waals surface area contributed by atoms with Crippen molar-refractivity contribution in [2.75, 3.05) is 17.3 Å². The third kappa shape index (κ3) is 2.73. The quantitative estimate of drug-likeness (QED) is 0.284. The van der Waals surface area contributed by atoms with Gasteiger partial charge < -0.3 is 25.4 Å². The molecule has 5 rings (SSSR count). The molecule has 0 radical (unpaired) electrons. The zero-order valence-electron chi connectivity index (χ0n) is 15.3. The average molecular weight is 391 g/mol. The number of nitrogen functional groups attached to an aromatic ring is 1. The number of hydrogen-bond donors (Lipinski definition) is 6. The smallest absolute Gasteiger partial charge is 0.241 e. The number of nitrogens with two attached hydrogens (primary N) is 1. The van der Waals surface area contributed by atoms with Gasteiger partial charge in [0.2, 0.25) is 5.95 Å². The number of imidazole rings is 1. The summed E-state index contributed by atoms with van der Waals surface area (Å²) in [4.78, 5) is 13.2. The Morgan fingerprint density at radius 1 is 1.21 bits per heavy atom. The Bertz CT molecular complexity index is 877. The molecular formula is C17H25N7O4. The first kappa shape index (κ1) is 18.0. The number of fused-ring (bicyclic) bond motifs is 3. The van der Waals surface area contributed by atoms with Crippen molar-refractivity contribution < 1.29 is 20.1 Å². The van der Waals surface area contributed by atoms with Gasteiger partial charge in [-0.15, -0.1) is 0 Å². The van der Waals surface area contributed by atoms with Crippen LogP contribution in [0.15, 0.2) is 6.33 Å². The minimum atomic E-state index is -1.22. The highest BCUT2D eigenvalue weighted by Crippen LogP contribution is 2.45. The van der Waals surface area contributed by atoms with Crippen molar-refractivity contribution in [3.63, 3.8) is 0 Å². The van der Waals surface area contributed by atoms with Gasteiger partial charge in [-0.2, -0.15) is 9.97 Å². The second-order valence-electron chi connectivity index (χ2n) is 8.02. The number of hydrazine groups is 1. The molecule has 3 heterocycles. The van der Waals surface area contributed by atoms with Crippen LogP contribution in [0.3, 0.4) is 0 Å². The lowest BCUT2D eigenvalue weighted by atomic mass is 9.95. The standard InChI is InChI=1S/C17H25N7O4/c18-23-17-21-14(20-9-4-7-1-2-8(9)3-7)11-15(22-17)24(6-19-11)16-13(27)12(26)10(5-25)28-16/h6-10,12-13,16,25-27H,1-5,18H2,(H2,20,21,22,23). The van der Waals surface area contributed by atoms with Crippen molar-refractivity contribution in [1.82, 2.24) is 19.5 Å². The molecule has 2 aliphatic carbocycles. The summed E-state index contributed by atoms with van der Waals surface area (Å²) < 4.78 is 7.15. The van der Waals surface area contributed by atoms with Gasteiger partial charge >= 0.3 is 0 Å². The minimum absolute atomic E-state index is 0.214. The molecule has 0 spiro atoms. The molecule has 11 nitrogen and oxygen atoms in total. The third-order valence-corrected chi connectivity index (χ3v) is 6.40. The van der Waals surface area contributed by atoms with Crippen LogP contribution >= 0.6 is 0 Å². The van der Waals surface area contributed by atoms with Crippen molar-refractivity contribution in [3.05, 3.63) is 6.33 Å². The number of anilines is 2. The van der Waals surface area contributed by atoms with E-state index in [0.717, 1.165) is 12.3 Å². The van der Waals surface area contributed by atoms with E-state index in [9.17, 15) is 15.3 Å². The topological polar surface area (TPSA) is 164 Å². The predicted octanol–water partition coefficient (Wildman–Crippen LogP) is -0.676. The van der Waals surface area contributed by atoms with Gasteiger partial charge in [0, 0.05) is 6.04 Å². The van der Waals surface area contributed by atoms with Gasteiger partial charge in [0.05, 0.1) is 12.9 Å². The molecule has 2 saturated carbocycles. The zero-order chi connectivity index (χ0) is 19.4. The number of ether oxygens (including phenoxy) is 1. The fourth-order valence-electron chi connectivity index (χ4n) is 4.97. The van der Waals surface area contributed by atoms with E-state index in [1.165, 1.54) is 30.2 Å². The van der Waals surface area contributed by atoms with Gasteiger partial charge in [-0.25, -0.2) is 10.8 Å². The summed E-state index contributed by atoms with van der Waals surface area (Å²) in [7, 11) is 0. The van der Waals surface area contributed by atoms with E-state index in [1.54, 1.807) is 0 Å². The Kier molecular flexibility index (Phi) is 4.36. The highest BCUT2D eigenvalue weighted by atomic mass is 16.6. The Morgan fingerprint density at radius 2 is 2.07 bits per heavy atom. The minimum Gasteiger partial charge on any atom is -0.394 e. The van der Waals surface area contributed by atoms with Crippen LogP contribution in [0, 0.1) is 11.8 Å². The van der Waals surface area contributed by atoms with Gasteiger partial charge in [0.25, 0.3) is 0 Å². The first-order valence-electron chi connectivity index (χ1n) is 9.69. The molecule has 2 aromatic heterocycles. The first-order chi connectivity index (χ1) is 13.6. The molecule has 28 heavy (non-hydrogen) atoms. The van der Waals surface area contributed by atoms with E-state index in [-0.39, 0.29) is 5.95 Å². The Morgan fingerprint density at radius 3 is 2.71 bits per heavy atom. The van der Waals surface area contributed by atoms with Crippen LogP contribution in [-0.2, 0) is 4.74 Å². The summed E-state index contributed by atoms with van der Waals surface area (Å²) in [5.74, 6) is 7.78. The molecule has 2 aromatic rings. The van der Waals surface area contributed by atoms with E-state index in [4.69, 9.17) is 10.6 Å². The number of nitrogens with one attached hydrogen (secondary N) is 2. The number of aromatic nitrogens is 4. The molecule has 0 aromatic carbocycles. The molecule has 7 unspecified atom stereocenters. The normalized spacial score (nSPS) is 37.1. The summed E-state index contributed by atoms with van der Waals surface area (Å²) in [5, 5.41) is 33.3. The number of hydrogen-bond acceptors (Lipinski definition) is 10. The van der Waals surface area contributed by atoms with E-state index in [1.807, 2.05) is 0 Å². The monoisotopic (exact) mass is 391 g/mol. The second kappa shape index (κ2) is 6.78. The van der Waals surface area contributed by atoms with Crippen molar-refractivity contribution in [1.29, 1.82) is 0 Å². The van der Waals surface area contributed by atoms with Crippen LogP contribution in [0.25, 0.3) is 11.2 Å². The molecule has 11 heteroatoms. The number of aliphatic hydroxyl groups excluding tert-OH is 3. The van der Waals surface area contributed by atoms with Crippen molar-refractivity contribution in [2.24, 2.45) is 17.7 Å². The van der Waals surface area contributed by atoms with Crippen molar-refractivity contribution in [2.45, 2.75) is 56.3 Å². The second-order valence-corrected chi connectivity index (χ2v) is 8.02. The zero-order valence-corrected chi connectivity index (χ0v) is 15.3. The number of rotatable bonds is 5. The molecular weight excluding hydrogens is 366 g/mol. The first-order valence-corrected chi connectivity index (χ1v) is 9.69. The van der Waals surface area contributed by atoms with Crippen molar-refractivity contribution >= 4 is 22.9 Å². The average Bonchev–Trinajstić information content (AvgIpc) is 3.47. The lowest BCUT2D eigenvalue weighted by molar-refractivity contribution is -0.0511. The third-order valence-electron chi connectivity index (χ3n) is 6.40. The van der Waals surface area contributed by atoms with Gasteiger partial charge in [0.1, 0.15) is 18.3 Å². The highest BCUT2D eigenvalue weighted by molar-refractivity contribution is 5.84. The fourth-order valence-corrected chi connectivity index (χ4v) is 4.97. The molecule has 3 fully saturated rings. The molecule has 0 amide bonds. The molecule has 7 N–H and O–H groups in total. The van der Waals surface area contributed by atoms with E-state index in [0.29, 0.717) is 28.9 Å². The van der Waals surface area contributed by atoms with E-state index in [2.05, 4.69) is 25.7 Å². The number of nitrogens with zero attached hydrogens (tertiary/aromatic N) is 4. The maximum Gasteiger partial charge on any atom is 0.241 e. The van der Waals surface area contributed by atoms with Gasteiger partial charge in [-0.05, 0) is 31.1 Å². The van der Waals surface area contributed by atoms with Crippen LogP contribution in [-0.4, -0.2) is 65.8 Å². The van der Waals surface area contributed by atoms with Crippen LogP contribution < -0.4 is 16.6 Å². The van der Waals surface area contributed by atoms with Crippen LogP contribution in [0.1, 0.15) is 31.9 Å². The van der Waals surface area contributed by atoms with E-state index < -0.39 is 31.1 Å². The van der Waals surface area contributed by atoms with Crippen LogP contribution in [0.5, 0.6) is 0 Å². The Balaban J connectivity index is 1.51. The molecule has 3 aliphatic rings. The lowest BCUT2D eigenvalue weighted by Crippen LogP contribution is -2.33. The molecule has 2 bridgehead atoms. The van der Waals surface area contributed by atoms with Crippen LogP contribution in [0.2, 0.25) is 0 Å².